The molecular formula is C18H17N5O5S. The zero-order chi connectivity index (χ0) is 21.0. The summed E-state index contributed by atoms with van der Waals surface area (Å²) in [4.78, 5) is 41.1. The molecule has 2 aromatic carbocycles. The van der Waals surface area contributed by atoms with Crippen LogP contribution in [-0.2, 0) is 26.2 Å². The third kappa shape index (κ3) is 4.83. The number of hydrazine groups is 1. The van der Waals surface area contributed by atoms with E-state index in [-0.39, 0.29) is 10.8 Å². The Balaban J connectivity index is 1.70. The van der Waals surface area contributed by atoms with E-state index in [0.29, 0.717) is 16.7 Å². The average Bonchev–Trinajstić information content (AvgIpc) is 2.69. The highest BCUT2D eigenvalue weighted by Gasteiger charge is 2.16. The molecule has 1 heterocycles. The monoisotopic (exact) mass is 415 g/mol. The predicted octanol–water partition coefficient (Wildman–Crippen LogP) is 0.365. The van der Waals surface area contributed by atoms with E-state index in [1.807, 2.05) is 4.83 Å². The molecule has 0 aliphatic heterocycles. The summed E-state index contributed by atoms with van der Waals surface area (Å²) < 4.78 is 25.8. The van der Waals surface area contributed by atoms with Crippen LogP contribution in [0.4, 0.5) is 5.69 Å². The first-order chi connectivity index (χ1) is 13.8. The van der Waals surface area contributed by atoms with Crippen LogP contribution in [0, 0.1) is 0 Å². The molecule has 10 nitrogen and oxygen atoms in total. The first kappa shape index (κ1) is 20.2. The molecule has 29 heavy (non-hydrogen) atoms. The maximum Gasteiger partial charge on any atom is 0.269 e. The number of rotatable bonds is 6. The molecule has 150 valence electrons. The second-order valence-electron chi connectivity index (χ2n) is 6.03. The number of para-hydroxylation sites is 2. The van der Waals surface area contributed by atoms with Crippen molar-refractivity contribution in [2.75, 3.05) is 5.32 Å². The third-order valence-electron chi connectivity index (χ3n) is 3.86. The minimum absolute atomic E-state index is 0.113. The molecule has 11 heteroatoms. The van der Waals surface area contributed by atoms with Gasteiger partial charge in [-0.25, -0.2) is 13.4 Å². The first-order valence-electron chi connectivity index (χ1n) is 8.39. The number of carbonyl (C=O) groups excluding carboxylic acids is 2. The lowest BCUT2D eigenvalue weighted by atomic mass is 10.3. The maximum absolute atomic E-state index is 12.3. The Hall–Kier alpha value is -3.57. The zero-order valence-electron chi connectivity index (χ0n) is 15.2. The number of hydrogen-bond donors (Lipinski definition) is 3. The summed E-state index contributed by atoms with van der Waals surface area (Å²) in [6, 6.07) is 12.2. The molecule has 0 aliphatic carbocycles. The van der Waals surface area contributed by atoms with Crippen molar-refractivity contribution < 1.29 is 18.0 Å². The van der Waals surface area contributed by atoms with Gasteiger partial charge >= 0.3 is 0 Å². The molecular weight excluding hydrogens is 398 g/mol. The normalized spacial score (nSPS) is 11.2. The minimum Gasteiger partial charge on any atom is -0.326 e. The van der Waals surface area contributed by atoms with Crippen molar-refractivity contribution >= 4 is 38.6 Å². The van der Waals surface area contributed by atoms with Crippen molar-refractivity contribution in [1.29, 1.82) is 0 Å². The topological polar surface area (TPSA) is 139 Å². The predicted molar refractivity (Wildman–Crippen MR) is 105 cm³/mol. The van der Waals surface area contributed by atoms with E-state index in [1.165, 1.54) is 35.8 Å². The Labute approximate surface area is 165 Å². The Morgan fingerprint density at radius 3 is 2.45 bits per heavy atom. The standard InChI is InChI=1S/C18H17N5O5S/c1-12(24)20-13-6-8-14(9-7-13)29(27,28)22-21-17(25)11-23-16-5-3-2-4-15(16)19-10-18(23)26/h2-10,22H,11H2,1H3,(H,20,24)(H,21,25). The van der Waals surface area contributed by atoms with Gasteiger partial charge in [-0.3, -0.25) is 24.4 Å². The summed E-state index contributed by atoms with van der Waals surface area (Å²) in [6.07, 6.45) is 1.09. The minimum atomic E-state index is -4.04. The molecule has 0 aliphatic rings. The Bertz CT molecular complexity index is 1240. The van der Waals surface area contributed by atoms with E-state index >= 15 is 0 Å². The van der Waals surface area contributed by atoms with Gasteiger partial charge in [0, 0.05) is 12.6 Å². The summed E-state index contributed by atoms with van der Waals surface area (Å²) in [6.45, 7) is 0.935. The van der Waals surface area contributed by atoms with E-state index in [0.717, 1.165) is 6.20 Å². The number of carbonyl (C=O) groups is 2. The van der Waals surface area contributed by atoms with Crippen LogP contribution in [0.1, 0.15) is 6.92 Å². The maximum atomic E-state index is 12.3. The highest BCUT2D eigenvalue weighted by atomic mass is 32.2. The molecule has 1 aromatic heterocycles. The van der Waals surface area contributed by atoms with E-state index in [2.05, 4.69) is 15.7 Å². The number of aromatic nitrogens is 2. The van der Waals surface area contributed by atoms with Crippen LogP contribution in [0.2, 0.25) is 0 Å². The Morgan fingerprint density at radius 1 is 1.07 bits per heavy atom. The molecule has 0 saturated heterocycles. The van der Waals surface area contributed by atoms with Crippen LogP contribution in [-0.4, -0.2) is 29.8 Å². The van der Waals surface area contributed by atoms with Crippen LogP contribution < -0.4 is 21.1 Å². The number of nitrogens with one attached hydrogen (secondary N) is 3. The van der Waals surface area contributed by atoms with Gasteiger partial charge in [-0.1, -0.05) is 12.1 Å². The highest BCUT2D eigenvalue weighted by Crippen LogP contribution is 2.13. The number of sulfonamides is 1. The highest BCUT2D eigenvalue weighted by molar-refractivity contribution is 7.89. The fraction of sp³-hybridized carbons (Fsp3) is 0.111. The van der Waals surface area contributed by atoms with Crippen LogP contribution in [0.15, 0.2) is 64.4 Å². The Kier molecular flexibility index (Phi) is 5.71. The second-order valence-corrected chi connectivity index (χ2v) is 7.71. The molecule has 0 fully saturated rings. The summed E-state index contributed by atoms with van der Waals surface area (Å²) in [5.41, 5.74) is 3.00. The van der Waals surface area contributed by atoms with Crippen molar-refractivity contribution in [3.05, 3.63) is 65.1 Å². The molecule has 2 amide bonds. The van der Waals surface area contributed by atoms with Gasteiger partial charge in [-0.05, 0) is 36.4 Å². The molecule has 0 atom stereocenters. The van der Waals surface area contributed by atoms with Crippen LogP contribution in [0.5, 0.6) is 0 Å². The van der Waals surface area contributed by atoms with Gasteiger partial charge in [0.15, 0.2) is 0 Å². The fourth-order valence-corrected chi connectivity index (χ4v) is 3.43. The second kappa shape index (κ2) is 8.20. The lowest BCUT2D eigenvalue weighted by Gasteiger charge is -2.11. The first-order valence-corrected chi connectivity index (χ1v) is 9.87. The van der Waals surface area contributed by atoms with E-state index in [4.69, 9.17) is 0 Å². The number of amides is 2. The molecule has 3 N–H and O–H groups in total. The third-order valence-corrected chi connectivity index (χ3v) is 5.13. The quantitative estimate of drug-likeness (QED) is 0.497. The number of fused-ring (bicyclic) bond motifs is 1. The SMILES string of the molecule is CC(=O)Nc1ccc(S(=O)(=O)NNC(=O)Cn2c(=O)cnc3ccccc32)cc1. The van der Waals surface area contributed by atoms with Crippen molar-refractivity contribution in [1.82, 2.24) is 19.8 Å². The molecule has 0 bridgehead atoms. The van der Waals surface area contributed by atoms with Crippen molar-refractivity contribution in [3.8, 4) is 0 Å². The average molecular weight is 415 g/mol. The lowest BCUT2D eigenvalue weighted by Crippen LogP contribution is -2.44. The van der Waals surface area contributed by atoms with Crippen LogP contribution in [0.3, 0.4) is 0 Å². The number of hydrogen-bond acceptors (Lipinski definition) is 6. The molecule has 3 aromatic rings. The molecule has 0 unspecified atom stereocenters. The van der Waals surface area contributed by atoms with Crippen molar-refractivity contribution in [2.45, 2.75) is 18.4 Å². The van der Waals surface area contributed by atoms with Gasteiger partial charge in [0.2, 0.25) is 5.91 Å². The molecule has 0 spiro atoms. The summed E-state index contributed by atoms with van der Waals surface area (Å²) >= 11 is 0. The number of benzene rings is 2. The van der Waals surface area contributed by atoms with Gasteiger partial charge in [-0.15, -0.1) is 4.83 Å². The van der Waals surface area contributed by atoms with Crippen molar-refractivity contribution in [2.24, 2.45) is 0 Å². The van der Waals surface area contributed by atoms with Gasteiger partial charge in [-0.2, -0.15) is 0 Å². The van der Waals surface area contributed by atoms with Gasteiger partial charge in [0.25, 0.3) is 21.5 Å². The largest absolute Gasteiger partial charge is 0.326 e. The van der Waals surface area contributed by atoms with Gasteiger partial charge in [0.1, 0.15) is 6.54 Å². The molecule has 0 saturated carbocycles. The number of nitrogens with zero attached hydrogens (tertiary/aromatic N) is 2. The van der Waals surface area contributed by atoms with Crippen LogP contribution in [0.25, 0.3) is 11.0 Å². The molecule has 0 radical (unpaired) electrons. The van der Waals surface area contributed by atoms with Crippen molar-refractivity contribution in [3.63, 3.8) is 0 Å². The summed E-state index contributed by atoms with van der Waals surface area (Å²) in [5, 5.41) is 2.52. The van der Waals surface area contributed by atoms with Crippen LogP contribution >= 0.6 is 0 Å². The van der Waals surface area contributed by atoms with E-state index < -0.39 is 28.0 Å². The lowest BCUT2D eigenvalue weighted by molar-refractivity contribution is -0.122. The molecule has 3 rings (SSSR count). The number of anilines is 1. The Morgan fingerprint density at radius 2 is 1.76 bits per heavy atom. The zero-order valence-corrected chi connectivity index (χ0v) is 16.1. The summed E-state index contributed by atoms with van der Waals surface area (Å²) in [7, 11) is -4.04. The van der Waals surface area contributed by atoms with E-state index in [9.17, 15) is 22.8 Å². The fourth-order valence-electron chi connectivity index (χ4n) is 2.56. The van der Waals surface area contributed by atoms with Gasteiger partial charge in [0.05, 0.1) is 22.1 Å². The van der Waals surface area contributed by atoms with E-state index in [1.54, 1.807) is 24.3 Å². The smallest absolute Gasteiger partial charge is 0.269 e. The summed E-state index contributed by atoms with van der Waals surface area (Å²) in [5.74, 6) is -1.02. The van der Waals surface area contributed by atoms with Gasteiger partial charge < -0.3 is 5.32 Å².